The lowest BCUT2D eigenvalue weighted by Crippen LogP contribution is -2.39. The van der Waals surface area contributed by atoms with Crippen LogP contribution in [0.2, 0.25) is 0 Å². The molecule has 0 bridgehead atoms. The van der Waals surface area contributed by atoms with Crippen LogP contribution < -0.4 is 15.4 Å². The summed E-state index contributed by atoms with van der Waals surface area (Å²) < 4.78 is 5.36. The number of carboxylic acid groups (broad SMARTS) is 1. The number of nitrogens with zero attached hydrogens (tertiary/aromatic N) is 1. The maximum Gasteiger partial charge on any atom is 0.290 e. The second-order valence-electron chi connectivity index (χ2n) is 7.64. The zero-order valence-corrected chi connectivity index (χ0v) is 18.4. The van der Waals surface area contributed by atoms with Gasteiger partial charge in [0, 0.05) is 30.6 Å². The third-order valence-corrected chi connectivity index (χ3v) is 5.09. The Morgan fingerprint density at radius 2 is 1.87 bits per heavy atom. The molecule has 1 aliphatic heterocycles. The van der Waals surface area contributed by atoms with Crippen LogP contribution in [0, 0.1) is 5.92 Å². The number of rotatable bonds is 8. The highest BCUT2D eigenvalue weighted by molar-refractivity contribution is 5.94. The number of amides is 2. The standard InChI is InChI=1S/C21H33N3O3.CH2O2/c1-5-6-20(25)23-18-8-7-17(14-19(18)27-4)22-21(26)13-16-9-11-24(12-10-16)15(2)3;2-1-3/h7-8,14-16H,5-6,9-13H2,1-4H3,(H,22,26)(H,23,25);1H,(H,2,3). The van der Waals surface area contributed by atoms with E-state index < -0.39 is 0 Å². The van der Waals surface area contributed by atoms with E-state index in [1.54, 1.807) is 25.3 Å². The van der Waals surface area contributed by atoms with Gasteiger partial charge in [-0.1, -0.05) is 6.92 Å². The number of benzene rings is 1. The fourth-order valence-electron chi connectivity index (χ4n) is 3.46. The molecule has 1 heterocycles. The van der Waals surface area contributed by atoms with Crippen molar-refractivity contribution in [2.75, 3.05) is 30.8 Å². The first-order valence-corrected chi connectivity index (χ1v) is 10.4. The first kappa shape index (κ1) is 25.4. The van der Waals surface area contributed by atoms with Gasteiger partial charge in [-0.05, 0) is 64.3 Å². The van der Waals surface area contributed by atoms with Crippen molar-refractivity contribution in [3.8, 4) is 5.75 Å². The fourth-order valence-corrected chi connectivity index (χ4v) is 3.46. The maximum absolute atomic E-state index is 12.4. The molecule has 2 amide bonds. The molecule has 0 aromatic heterocycles. The second kappa shape index (κ2) is 13.6. The lowest BCUT2D eigenvalue weighted by Gasteiger charge is -2.34. The topological polar surface area (TPSA) is 108 Å². The largest absolute Gasteiger partial charge is 0.494 e. The van der Waals surface area contributed by atoms with Crippen LogP contribution in [0.5, 0.6) is 5.75 Å². The fraction of sp³-hybridized carbons (Fsp3) is 0.591. The smallest absolute Gasteiger partial charge is 0.290 e. The summed E-state index contributed by atoms with van der Waals surface area (Å²) in [7, 11) is 1.55. The summed E-state index contributed by atoms with van der Waals surface area (Å²) >= 11 is 0. The molecule has 0 spiro atoms. The van der Waals surface area contributed by atoms with Crippen molar-refractivity contribution in [1.29, 1.82) is 0 Å². The molecule has 8 nitrogen and oxygen atoms in total. The molecule has 0 saturated carbocycles. The first-order chi connectivity index (χ1) is 14.3. The molecule has 0 aliphatic carbocycles. The number of piperidine rings is 1. The van der Waals surface area contributed by atoms with Crippen molar-refractivity contribution in [2.45, 2.75) is 58.9 Å². The molecule has 168 valence electrons. The van der Waals surface area contributed by atoms with Crippen LogP contribution in [-0.2, 0) is 14.4 Å². The van der Waals surface area contributed by atoms with Crippen LogP contribution in [0.4, 0.5) is 11.4 Å². The number of ether oxygens (including phenoxy) is 1. The van der Waals surface area contributed by atoms with Crippen molar-refractivity contribution in [1.82, 2.24) is 4.90 Å². The van der Waals surface area contributed by atoms with Gasteiger partial charge in [-0.3, -0.25) is 14.4 Å². The molecular weight excluding hydrogens is 386 g/mol. The summed E-state index contributed by atoms with van der Waals surface area (Å²) in [5, 5.41) is 12.7. The van der Waals surface area contributed by atoms with Crippen LogP contribution in [0.3, 0.4) is 0 Å². The molecule has 1 saturated heterocycles. The average Bonchev–Trinajstić information content (AvgIpc) is 2.70. The molecule has 2 rings (SSSR count). The lowest BCUT2D eigenvalue weighted by atomic mass is 9.92. The SMILES string of the molecule is CCCC(=O)Nc1ccc(NC(=O)CC2CCN(C(C)C)CC2)cc1OC.O=CO. The van der Waals surface area contributed by atoms with Gasteiger partial charge in [0.2, 0.25) is 11.8 Å². The minimum atomic E-state index is -0.250. The molecule has 0 atom stereocenters. The molecule has 8 heteroatoms. The number of methoxy groups -OCH3 is 1. The number of carbonyl (C=O) groups is 3. The molecule has 0 unspecified atom stereocenters. The summed E-state index contributed by atoms with van der Waals surface area (Å²) in [6.07, 6.45) is 3.94. The zero-order valence-electron chi connectivity index (χ0n) is 18.4. The van der Waals surface area contributed by atoms with Gasteiger partial charge in [0.15, 0.2) is 0 Å². The number of nitrogens with one attached hydrogen (secondary N) is 2. The van der Waals surface area contributed by atoms with Crippen molar-refractivity contribution >= 4 is 29.7 Å². The minimum absolute atomic E-state index is 0.0304. The van der Waals surface area contributed by atoms with Crippen LogP contribution >= 0.6 is 0 Å². The monoisotopic (exact) mass is 421 g/mol. The molecule has 1 aromatic rings. The van der Waals surface area contributed by atoms with Gasteiger partial charge < -0.3 is 25.4 Å². The number of hydrogen-bond acceptors (Lipinski definition) is 5. The molecule has 30 heavy (non-hydrogen) atoms. The Balaban J connectivity index is 0.00000141. The number of hydrogen-bond donors (Lipinski definition) is 3. The van der Waals surface area contributed by atoms with Crippen molar-refractivity contribution in [3.05, 3.63) is 18.2 Å². The summed E-state index contributed by atoms with van der Waals surface area (Å²) in [5.74, 6) is 0.972. The Bertz CT molecular complexity index is 685. The van der Waals surface area contributed by atoms with Crippen molar-refractivity contribution in [3.63, 3.8) is 0 Å². The van der Waals surface area contributed by atoms with E-state index in [0.717, 1.165) is 32.4 Å². The van der Waals surface area contributed by atoms with Gasteiger partial charge >= 0.3 is 0 Å². The summed E-state index contributed by atoms with van der Waals surface area (Å²) in [4.78, 5) is 35.0. The predicted octanol–water partition coefficient (Wildman–Crippen LogP) is 3.58. The van der Waals surface area contributed by atoms with E-state index in [4.69, 9.17) is 14.6 Å². The van der Waals surface area contributed by atoms with Gasteiger partial charge in [-0.2, -0.15) is 0 Å². The Labute approximate surface area is 179 Å². The van der Waals surface area contributed by atoms with E-state index in [0.29, 0.717) is 41.9 Å². The third kappa shape index (κ3) is 8.82. The molecule has 0 radical (unpaired) electrons. The van der Waals surface area contributed by atoms with E-state index in [1.807, 2.05) is 6.92 Å². The molecule has 1 fully saturated rings. The van der Waals surface area contributed by atoms with Gasteiger partial charge in [0.05, 0.1) is 12.8 Å². The van der Waals surface area contributed by atoms with Crippen molar-refractivity contribution < 1.29 is 24.2 Å². The van der Waals surface area contributed by atoms with Gasteiger partial charge in [-0.15, -0.1) is 0 Å². The maximum atomic E-state index is 12.4. The number of likely N-dealkylation sites (tertiary alicyclic amines) is 1. The predicted molar refractivity (Wildman–Crippen MR) is 118 cm³/mol. The van der Waals surface area contributed by atoms with Crippen molar-refractivity contribution in [2.24, 2.45) is 5.92 Å². The highest BCUT2D eigenvalue weighted by Gasteiger charge is 2.23. The van der Waals surface area contributed by atoms with Crippen LogP contribution in [0.1, 0.15) is 52.9 Å². The van der Waals surface area contributed by atoms with E-state index in [-0.39, 0.29) is 18.3 Å². The van der Waals surface area contributed by atoms with Gasteiger partial charge in [0.1, 0.15) is 5.75 Å². The average molecular weight is 422 g/mol. The Morgan fingerprint density at radius 1 is 1.23 bits per heavy atom. The second-order valence-corrected chi connectivity index (χ2v) is 7.64. The van der Waals surface area contributed by atoms with Gasteiger partial charge in [-0.25, -0.2) is 0 Å². The summed E-state index contributed by atoms with van der Waals surface area (Å²) in [6.45, 7) is 8.27. The molecule has 3 N–H and O–H groups in total. The normalized spacial score (nSPS) is 14.4. The summed E-state index contributed by atoms with van der Waals surface area (Å²) in [5.41, 5.74) is 1.31. The molecule has 1 aromatic carbocycles. The molecular formula is C22H35N3O5. The van der Waals surface area contributed by atoms with E-state index in [9.17, 15) is 9.59 Å². The number of carbonyl (C=O) groups excluding carboxylic acids is 2. The lowest BCUT2D eigenvalue weighted by molar-refractivity contribution is -0.123. The van der Waals surface area contributed by atoms with Crippen LogP contribution in [0.15, 0.2) is 18.2 Å². The Morgan fingerprint density at radius 3 is 2.40 bits per heavy atom. The Kier molecular flexibility index (Phi) is 11.5. The number of anilines is 2. The first-order valence-electron chi connectivity index (χ1n) is 10.4. The van der Waals surface area contributed by atoms with E-state index in [2.05, 4.69) is 29.4 Å². The van der Waals surface area contributed by atoms with Gasteiger partial charge in [0.25, 0.3) is 6.47 Å². The van der Waals surface area contributed by atoms with E-state index in [1.165, 1.54) is 0 Å². The van der Waals surface area contributed by atoms with Crippen LogP contribution in [0.25, 0.3) is 0 Å². The highest BCUT2D eigenvalue weighted by atomic mass is 16.5. The van der Waals surface area contributed by atoms with E-state index >= 15 is 0 Å². The zero-order chi connectivity index (χ0) is 22.5. The Hall–Kier alpha value is -2.61. The minimum Gasteiger partial charge on any atom is -0.494 e. The molecule has 1 aliphatic rings. The highest BCUT2D eigenvalue weighted by Crippen LogP contribution is 2.29. The quantitative estimate of drug-likeness (QED) is 0.554. The van der Waals surface area contributed by atoms with Crippen LogP contribution in [-0.4, -0.2) is 54.5 Å². The summed E-state index contributed by atoms with van der Waals surface area (Å²) in [6, 6.07) is 5.89. The third-order valence-electron chi connectivity index (χ3n) is 5.09.